The highest BCUT2D eigenvalue weighted by Gasteiger charge is 2.31. The number of rotatable bonds is 10. The van der Waals surface area contributed by atoms with Crippen LogP contribution in [0.5, 0.6) is 5.88 Å². The van der Waals surface area contributed by atoms with Crippen LogP contribution in [0.2, 0.25) is 0 Å². The largest absolute Gasteiger partial charge is 0.474 e. The lowest BCUT2D eigenvalue weighted by Crippen LogP contribution is -2.16. The summed E-state index contributed by atoms with van der Waals surface area (Å²) in [4.78, 5) is 14.2. The van der Waals surface area contributed by atoms with E-state index in [4.69, 9.17) is 14.7 Å². The predicted octanol–water partition coefficient (Wildman–Crippen LogP) is 6.38. The molecule has 0 aliphatic carbocycles. The number of hydrogen-bond acceptors (Lipinski definition) is 7. The second-order valence-corrected chi connectivity index (χ2v) is 9.77. The van der Waals surface area contributed by atoms with Crippen molar-refractivity contribution in [3.05, 3.63) is 90.6 Å². The molecule has 0 spiro atoms. The van der Waals surface area contributed by atoms with Crippen molar-refractivity contribution < 1.29 is 9.13 Å². The average molecular weight is 536 g/mol. The number of aryl methyl sites for hydroxylation is 1. The molecular weight excluding hydrogens is 505 g/mol. The van der Waals surface area contributed by atoms with Gasteiger partial charge in [0.25, 0.3) is 0 Å². The van der Waals surface area contributed by atoms with Crippen molar-refractivity contribution in [2.24, 2.45) is 0 Å². The highest BCUT2D eigenvalue weighted by Crippen LogP contribution is 2.39. The van der Waals surface area contributed by atoms with E-state index in [2.05, 4.69) is 32.0 Å². The van der Waals surface area contributed by atoms with Crippen molar-refractivity contribution in [3.8, 4) is 39.8 Å². The Balaban J connectivity index is 1.30. The van der Waals surface area contributed by atoms with Gasteiger partial charge >= 0.3 is 0 Å². The van der Waals surface area contributed by atoms with Gasteiger partial charge in [-0.05, 0) is 49.2 Å². The molecule has 0 saturated heterocycles. The van der Waals surface area contributed by atoms with Gasteiger partial charge in [0.1, 0.15) is 18.2 Å². The van der Waals surface area contributed by atoms with Gasteiger partial charge in [-0.3, -0.25) is 0 Å². The number of ether oxygens (including phenoxy) is 1. The van der Waals surface area contributed by atoms with Crippen LogP contribution in [0.25, 0.3) is 33.9 Å². The summed E-state index contributed by atoms with van der Waals surface area (Å²) in [6.45, 7) is 3.36. The Labute approximate surface area is 232 Å². The second-order valence-electron chi connectivity index (χ2n) is 9.77. The Hall–Kier alpha value is -4.66. The summed E-state index contributed by atoms with van der Waals surface area (Å²) in [5.41, 5.74) is 5.03. The van der Waals surface area contributed by atoms with Gasteiger partial charge < -0.3 is 14.6 Å². The smallest absolute Gasteiger partial charge is 0.233 e. The monoisotopic (exact) mass is 535 g/mol. The summed E-state index contributed by atoms with van der Waals surface area (Å²) >= 11 is 0. The fourth-order valence-electron chi connectivity index (χ4n) is 4.98. The second kappa shape index (κ2) is 11.6. The molecule has 0 bridgehead atoms. The standard InChI is InChI=1S/C31H30FN7O/c1-2-3-18-33-31-34-19-17-26(35-31)30-29(22-9-11-23(32)12-10-22)36-27-15-13-24(39(27)30)20-40-28-16-14-25(37-38-28)21-7-5-4-6-8-21/h4-12,14,16-17,19,24H,2-3,13,15,18,20H2,1H3,(H,33,34,35). The number of nitrogens with one attached hydrogen (secondary N) is 1. The van der Waals surface area contributed by atoms with Crippen molar-refractivity contribution in [3.63, 3.8) is 0 Å². The first-order valence-corrected chi connectivity index (χ1v) is 13.7. The zero-order chi connectivity index (χ0) is 27.3. The van der Waals surface area contributed by atoms with Gasteiger partial charge in [-0.15, -0.1) is 10.2 Å². The summed E-state index contributed by atoms with van der Waals surface area (Å²) in [7, 11) is 0. The molecule has 0 saturated carbocycles. The Morgan fingerprint density at radius 3 is 2.55 bits per heavy atom. The molecule has 0 fully saturated rings. The maximum Gasteiger partial charge on any atom is 0.233 e. The van der Waals surface area contributed by atoms with Crippen LogP contribution in [0.3, 0.4) is 0 Å². The maximum atomic E-state index is 13.8. The molecule has 0 amide bonds. The molecule has 6 rings (SSSR count). The van der Waals surface area contributed by atoms with E-state index in [1.165, 1.54) is 12.1 Å². The third-order valence-electron chi connectivity index (χ3n) is 7.01. The molecule has 3 aromatic heterocycles. The van der Waals surface area contributed by atoms with Crippen LogP contribution < -0.4 is 10.1 Å². The number of hydrogen-bond donors (Lipinski definition) is 1. The molecule has 202 valence electrons. The summed E-state index contributed by atoms with van der Waals surface area (Å²) in [5.74, 6) is 1.71. The first kappa shape index (κ1) is 25.6. The lowest BCUT2D eigenvalue weighted by atomic mass is 10.1. The topological polar surface area (TPSA) is 90.6 Å². The van der Waals surface area contributed by atoms with E-state index in [0.717, 1.165) is 72.0 Å². The molecule has 8 nitrogen and oxygen atoms in total. The number of benzene rings is 2. The highest BCUT2D eigenvalue weighted by atomic mass is 19.1. The van der Waals surface area contributed by atoms with Gasteiger partial charge in [-0.1, -0.05) is 43.7 Å². The van der Waals surface area contributed by atoms with Crippen molar-refractivity contribution in [1.82, 2.24) is 29.7 Å². The van der Waals surface area contributed by atoms with Crippen molar-refractivity contribution >= 4 is 5.95 Å². The minimum absolute atomic E-state index is 0.0220. The van der Waals surface area contributed by atoms with Crippen LogP contribution in [0.4, 0.5) is 10.3 Å². The molecule has 4 heterocycles. The zero-order valence-electron chi connectivity index (χ0n) is 22.3. The van der Waals surface area contributed by atoms with Gasteiger partial charge in [-0.25, -0.2) is 19.3 Å². The minimum Gasteiger partial charge on any atom is -0.474 e. The summed E-state index contributed by atoms with van der Waals surface area (Å²) in [6.07, 6.45) is 5.55. The number of imidazole rings is 1. The van der Waals surface area contributed by atoms with Crippen molar-refractivity contribution in [2.45, 2.75) is 38.6 Å². The van der Waals surface area contributed by atoms with E-state index in [-0.39, 0.29) is 11.9 Å². The molecule has 1 N–H and O–H groups in total. The molecule has 40 heavy (non-hydrogen) atoms. The van der Waals surface area contributed by atoms with E-state index in [9.17, 15) is 4.39 Å². The Morgan fingerprint density at radius 1 is 0.925 bits per heavy atom. The summed E-state index contributed by atoms with van der Waals surface area (Å²) in [6, 6.07) is 22.0. The lowest BCUT2D eigenvalue weighted by molar-refractivity contribution is 0.245. The van der Waals surface area contributed by atoms with Gasteiger partial charge in [0, 0.05) is 36.4 Å². The molecule has 9 heteroatoms. The van der Waals surface area contributed by atoms with Crippen LogP contribution in [-0.4, -0.2) is 42.9 Å². The third-order valence-corrected chi connectivity index (χ3v) is 7.01. The molecule has 2 aromatic carbocycles. The normalized spacial score (nSPS) is 14.2. The highest BCUT2D eigenvalue weighted by molar-refractivity contribution is 5.78. The predicted molar refractivity (Wildman–Crippen MR) is 152 cm³/mol. The van der Waals surface area contributed by atoms with Crippen LogP contribution in [0.15, 0.2) is 79.0 Å². The molecule has 1 unspecified atom stereocenters. The first-order chi connectivity index (χ1) is 19.7. The lowest BCUT2D eigenvalue weighted by Gasteiger charge is -2.18. The molecule has 5 aromatic rings. The first-order valence-electron chi connectivity index (χ1n) is 13.7. The van der Waals surface area contributed by atoms with Crippen LogP contribution >= 0.6 is 0 Å². The molecule has 1 atom stereocenters. The van der Waals surface area contributed by atoms with Crippen LogP contribution in [0.1, 0.15) is 38.1 Å². The Kier molecular flexibility index (Phi) is 7.43. The van der Waals surface area contributed by atoms with E-state index < -0.39 is 0 Å². The fourth-order valence-corrected chi connectivity index (χ4v) is 4.98. The van der Waals surface area contributed by atoms with E-state index >= 15 is 0 Å². The summed E-state index contributed by atoms with van der Waals surface area (Å²) in [5, 5.41) is 12.0. The van der Waals surface area contributed by atoms with Crippen LogP contribution in [0, 0.1) is 5.82 Å². The van der Waals surface area contributed by atoms with Crippen molar-refractivity contribution in [1.29, 1.82) is 0 Å². The zero-order valence-corrected chi connectivity index (χ0v) is 22.3. The minimum atomic E-state index is -0.285. The Morgan fingerprint density at radius 2 is 1.77 bits per heavy atom. The average Bonchev–Trinajstić information content (AvgIpc) is 3.57. The molecule has 1 aliphatic heterocycles. The van der Waals surface area contributed by atoms with E-state index in [1.54, 1.807) is 18.3 Å². The molecular formula is C31H30FN7O. The number of unbranched alkanes of at least 4 members (excludes halogenated alkanes) is 1. The molecule has 0 radical (unpaired) electrons. The SMILES string of the molecule is CCCCNc1nccc(-c2c(-c3ccc(F)cc3)nc3n2C(COc2ccc(-c4ccccc4)nn2)CC3)n1. The number of aromatic nitrogens is 6. The number of nitrogens with zero attached hydrogens (tertiary/aromatic N) is 6. The summed E-state index contributed by atoms with van der Waals surface area (Å²) < 4.78 is 22.1. The number of halogens is 1. The quantitative estimate of drug-likeness (QED) is 0.208. The van der Waals surface area contributed by atoms with Gasteiger partial charge in [0.2, 0.25) is 11.8 Å². The fraction of sp³-hybridized carbons (Fsp3) is 0.258. The number of fused-ring (bicyclic) bond motifs is 1. The Bertz CT molecular complexity index is 1570. The maximum absolute atomic E-state index is 13.8. The van der Waals surface area contributed by atoms with Gasteiger partial charge in [0.15, 0.2) is 0 Å². The van der Waals surface area contributed by atoms with Gasteiger partial charge in [0.05, 0.1) is 28.8 Å². The number of anilines is 1. The van der Waals surface area contributed by atoms with Gasteiger partial charge in [-0.2, -0.15) is 0 Å². The molecule has 1 aliphatic rings. The van der Waals surface area contributed by atoms with E-state index in [1.807, 2.05) is 48.5 Å². The third kappa shape index (κ3) is 5.40. The van der Waals surface area contributed by atoms with Crippen molar-refractivity contribution in [2.75, 3.05) is 18.5 Å². The van der Waals surface area contributed by atoms with E-state index in [0.29, 0.717) is 18.4 Å². The van der Waals surface area contributed by atoms with Crippen LogP contribution in [-0.2, 0) is 6.42 Å².